The Bertz CT molecular complexity index is 1060. The average molecular weight is 800 g/mol. The fourth-order valence-corrected chi connectivity index (χ4v) is 5.84. The molecule has 0 bridgehead atoms. The van der Waals surface area contributed by atoms with Crippen molar-refractivity contribution < 1.29 is 67.8 Å². The van der Waals surface area contributed by atoms with E-state index >= 15 is 0 Å². The summed E-state index contributed by atoms with van der Waals surface area (Å²) in [6.07, 6.45) is 20.5. The van der Waals surface area contributed by atoms with Gasteiger partial charge in [0, 0.05) is 12.8 Å². The maximum absolute atomic E-state index is 13.2. The second-order valence-electron chi connectivity index (χ2n) is 13.9. The Kier molecular flexibility index (Phi) is 31.5. The van der Waals surface area contributed by atoms with Crippen LogP contribution in [0.25, 0.3) is 0 Å². The first-order valence-electron chi connectivity index (χ1n) is 19.0. The van der Waals surface area contributed by atoms with Gasteiger partial charge in [0.1, 0.15) is 19.8 Å². The minimum Gasteiger partial charge on any atom is -0.741 e. The molecule has 0 aliphatic carbocycles. The monoisotopic (exact) mass is 799 g/mol. The fourth-order valence-electron chi connectivity index (χ4n) is 4.65. The van der Waals surface area contributed by atoms with Crippen molar-refractivity contribution in [2.24, 2.45) is 0 Å². The first kappa shape index (κ1) is 52.8. The van der Waals surface area contributed by atoms with Crippen molar-refractivity contribution >= 4 is 29.9 Å². The molecule has 0 N–H and O–H groups in total. The summed E-state index contributed by atoms with van der Waals surface area (Å²) < 4.78 is 100. The van der Waals surface area contributed by atoms with E-state index in [0.29, 0.717) is 17.4 Å². The van der Waals surface area contributed by atoms with Gasteiger partial charge in [-0.15, -0.1) is 0 Å². The number of quaternary nitrogens is 1. The third kappa shape index (κ3) is 34.5. The number of rotatable bonds is 32. The number of ether oxygens (including phenoxy) is 2. The summed E-state index contributed by atoms with van der Waals surface area (Å²) in [6, 6.07) is 0. The number of unbranched alkanes of at least 4 members (excludes halogenated alkanes) is 16. The van der Waals surface area contributed by atoms with Crippen LogP contribution in [0.15, 0.2) is 0 Å². The van der Waals surface area contributed by atoms with Crippen molar-refractivity contribution in [2.75, 3.05) is 54.1 Å². The van der Waals surface area contributed by atoms with Gasteiger partial charge < -0.3 is 18.5 Å². The van der Waals surface area contributed by atoms with Crippen LogP contribution >= 0.6 is 7.82 Å². The number of carbonyl (C=O) groups excluding carboxylic acids is 2. The Morgan fingerprint density at radius 3 is 1.46 bits per heavy atom. The average Bonchev–Trinajstić information content (AvgIpc) is 3.03. The molecule has 2 atom stereocenters. The molecule has 0 saturated carbocycles. The van der Waals surface area contributed by atoms with Gasteiger partial charge >= 0.3 is 25.3 Å². The molecule has 12 nitrogen and oxygen atoms in total. The predicted octanol–water partition coefficient (Wildman–Crippen LogP) is 9.22. The highest BCUT2D eigenvalue weighted by Crippen LogP contribution is 2.49. The summed E-state index contributed by atoms with van der Waals surface area (Å²) >= 11 is 0. The molecule has 0 aliphatic heterocycles. The molecule has 0 aromatic heterocycles. The molecule has 0 aromatic rings. The van der Waals surface area contributed by atoms with Gasteiger partial charge in [0.15, 0.2) is 16.2 Å². The lowest BCUT2D eigenvalue weighted by Gasteiger charge is -2.25. The summed E-state index contributed by atoms with van der Waals surface area (Å²) in [5, 5.41) is 0. The molecule has 17 heteroatoms. The van der Waals surface area contributed by atoms with Crippen LogP contribution in [0.4, 0.5) is 13.2 Å². The Labute approximate surface area is 312 Å². The maximum Gasteiger partial charge on any atom is 0.485 e. The zero-order valence-electron chi connectivity index (χ0n) is 32.7. The molecule has 312 valence electrons. The normalized spacial score (nSPS) is 13.9. The van der Waals surface area contributed by atoms with Crippen molar-refractivity contribution in [1.82, 2.24) is 0 Å². The smallest absolute Gasteiger partial charge is 0.485 e. The number of phosphoric ester groups is 1. The highest BCUT2D eigenvalue weighted by molar-refractivity contribution is 7.86. The number of carbonyl (C=O) groups is 2. The van der Waals surface area contributed by atoms with E-state index in [9.17, 15) is 27.3 Å². The molecular weight excluding hydrogens is 730 g/mol. The van der Waals surface area contributed by atoms with Gasteiger partial charge in [0.2, 0.25) is 0 Å². The molecule has 0 heterocycles. The molecule has 0 fully saturated rings. The number of phosphoric acid groups is 1. The Morgan fingerprint density at radius 1 is 0.673 bits per heavy atom. The van der Waals surface area contributed by atoms with Gasteiger partial charge in [-0.3, -0.25) is 23.2 Å². The number of hydrogen-bond acceptors (Lipinski definition) is 11. The topological polar surface area (TPSA) is 155 Å². The van der Waals surface area contributed by atoms with Crippen molar-refractivity contribution in [3.63, 3.8) is 0 Å². The van der Waals surface area contributed by atoms with E-state index in [1.54, 1.807) is 6.92 Å². The lowest BCUT2D eigenvalue weighted by molar-refractivity contribution is -0.870. The summed E-state index contributed by atoms with van der Waals surface area (Å²) in [6.45, 7) is 6.65. The molecule has 2 unspecified atom stereocenters. The first-order chi connectivity index (χ1) is 24.3. The number of nitrogens with zero attached hydrogens (tertiary/aromatic N) is 1. The number of halogens is 3. The van der Waals surface area contributed by atoms with E-state index in [1.165, 1.54) is 77.0 Å². The second kappa shape index (κ2) is 31.0. The minimum absolute atomic E-state index is 0.137. The van der Waals surface area contributed by atoms with E-state index in [-0.39, 0.29) is 44.8 Å². The highest BCUT2D eigenvalue weighted by atomic mass is 32.2. The lowest BCUT2D eigenvalue weighted by atomic mass is 10.1. The van der Waals surface area contributed by atoms with Crippen LogP contribution in [-0.4, -0.2) is 95.1 Å². The summed E-state index contributed by atoms with van der Waals surface area (Å²) in [5.74, 6) is -0.714. The van der Waals surface area contributed by atoms with Crippen molar-refractivity contribution in [2.45, 2.75) is 161 Å². The second-order valence-corrected chi connectivity index (χ2v) is 16.9. The molecule has 0 radical (unpaired) electrons. The van der Waals surface area contributed by atoms with Crippen LogP contribution in [-0.2, 0) is 47.3 Å². The first-order valence-corrected chi connectivity index (χ1v) is 21.9. The van der Waals surface area contributed by atoms with Crippen molar-refractivity contribution in [1.29, 1.82) is 0 Å². The van der Waals surface area contributed by atoms with E-state index in [0.717, 1.165) is 38.5 Å². The van der Waals surface area contributed by atoms with Gasteiger partial charge in [0.25, 0.3) is 0 Å². The minimum atomic E-state index is -6.09. The van der Waals surface area contributed by atoms with E-state index in [2.05, 4.69) is 13.8 Å². The van der Waals surface area contributed by atoms with Gasteiger partial charge in [-0.1, -0.05) is 117 Å². The highest BCUT2D eigenvalue weighted by Gasteiger charge is 2.37. The Hall–Kier alpha value is -1.29. The molecule has 0 aliphatic rings. The van der Waals surface area contributed by atoms with Gasteiger partial charge in [-0.25, -0.2) is 13.0 Å². The fraction of sp³-hybridized carbons (Fsp3) is 0.943. The molecule has 0 saturated heterocycles. The molecule has 0 amide bonds. The quantitative estimate of drug-likeness (QED) is 0.0160. The molecule has 52 heavy (non-hydrogen) atoms. The third-order valence-electron chi connectivity index (χ3n) is 7.70. The number of likely N-dealkylation sites (N-methyl/N-ethyl adjacent to an activating group) is 1. The lowest BCUT2D eigenvalue weighted by Crippen LogP contribution is -2.37. The third-order valence-corrected chi connectivity index (χ3v) is 9.80. The molecule has 0 aromatic carbocycles. The Morgan fingerprint density at radius 2 is 1.08 bits per heavy atom. The summed E-state index contributed by atoms with van der Waals surface area (Å²) in [7, 11) is -3.96. The zero-order valence-corrected chi connectivity index (χ0v) is 34.4. The van der Waals surface area contributed by atoms with Crippen LogP contribution in [0.1, 0.15) is 149 Å². The maximum atomic E-state index is 13.2. The van der Waals surface area contributed by atoms with E-state index < -0.39 is 29.6 Å². The van der Waals surface area contributed by atoms with Crippen LogP contribution < -0.4 is 0 Å². The standard InChI is InChI=1S/C34H69NO8P.CHF3O3S/c1-7-10-12-14-16-18-20-22-24-26-33(36)39-30-32(31-42-44(38,40-9-3)41-29-28-35(4,5)6)43-34(37)27-25-23-21-19-17-15-13-11-8-2;2-1(3,4)8(5,6)7/h32H,7-31H2,1-6H3;(H,5,6,7)/q+1;/p-1. The van der Waals surface area contributed by atoms with E-state index in [4.69, 9.17) is 36.0 Å². The Balaban J connectivity index is 0. The predicted molar refractivity (Wildman–Crippen MR) is 194 cm³/mol. The summed E-state index contributed by atoms with van der Waals surface area (Å²) in [4.78, 5) is 25.1. The van der Waals surface area contributed by atoms with Crippen molar-refractivity contribution in [3.8, 4) is 0 Å². The molecule has 0 rings (SSSR count). The zero-order chi connectivity index (χ0) is 39.9. The van der Waals surface area contributed by atoms with Crippen LogP contribution in [0.5, 0.6) is 0 Å². The van der Waals surface area contributed by atoms with E-state index in [1.807, 2.05) is 21.1 Å². The molecular formula is C35H69F3NO11PS. The van der Waals surface area contributed by atoms with Gasteiger partial charge in [-0.05, 0) is 19.8 Å². The van der Waals surface area contributed by atoms with Gasteiger partial charge in [-0.2, -0.15) is 13.2 Å². The van der Waals surface area contributed by atoms with Gasteiger partial charge in [0.05, 0.1) is 34.4 Å². The number of hydrogen-bond donors (Lipinski definition) is 0. The largest absolute Gasteiger partial charge is 0.741 e. The number of esters is 2. The summed E-state index contributed by atoms with van der Waals surface area (Å²) in [5.41, 5.74) is -5.65. The van der Waals surface area contributed by atoms with Crippen LogP contribution in [0, 0.1) is 0 Å². The van der Waals surface area contributed by atoms with Crippen molar-refractivity contribution in [3.05, 3.63) is 0 Å². The van der Waals surface area contributed by atoms with Crippen LogP contribution in [0.2, 0.25) is 0 Å². The van der Waals surface area contributed by atoms with Crippen LogP contribution in [0.3, 0.4) is 0 Å². The number of alkyl halides is 3. The SMILES string of the molecule is CCCCCCCCCCCC(=O)OCC(COP(=O)(OCC)OCC[N+](C)(C)C)OC(=O)CCCCCCCCCCC.O=S(=O)([O-])C(F)(F)F. The molecule has 0 spiro atoms.